The Morgan fingerprint density at radius 2 is 2.05 bits per heavy atom. The monoisotopic (exact) mass is 325 g/mol. The molecule has 1 aromatic heterocycles. The molecule has 1 unspecified atom stereocenters. The van der Waals surface area contributed by atoms with Gasteiger partial charge in [-0.3, -0.25) is 0 Å². The molecular formula is C15H17BrFNO. The summed E-state index contributed by atoms with van der Waals surface area (Å²) in [7, 11) is 1.92. The molecule has 0 spiro atoms. The molecule has 0 aliphatic heterocycles. The van der Waals surface area contributed by atoms with E-state index in [1.807, 2.05) is 33.0 Å². The van der Waals surface area contributed by atoms with Gasteiger partial charge in [0.2, 0.25) is 0 Å². The topological polar surface area (TPSA) is 25.2 Å². The van der Waals surface area contributed by atoms with Gasteiger partial charge < -0.3 is 9.73 Å². The van der Waals surface area contributed by atoms with Gasteiger partial charge in [0.1, 0.15) is 17.3 Å². The van der Waals surface area contributed by atoms with Crippen molar-refractivity contribution < 1.29 is 8.81 Å². The SMILES string of the molecule is CNC(Cc1ccc(F)c(Br)c1)c1cc(C)oc1C. The number of hydrogen-bond acceptors (Lipinski definition) is 2. The van der Waals surface area contributed by atoms with Gasteiger partial charge in [-0.1, -0.05) is 6.07 Å². The highest BCUT2D eigenvalue weighted by atomic mass is 79.9. The Bertz CT molecular complexity index is 580. The fourth-order valence-corrected chi connectivity index (χ4v) is 2.69. The van der Waals surface area contributed by atoms with E-state index in [2.05, 4.69) is 27.3 Å². The lowest BCUT2D eigenvalue weighted by atomic mass is 9.99. The van der Waals surface area contributed by atoms with Crippen molar-refractivity contribution in [2.45, 2.75) is 26.3 Å². The molecule has 0 saturated carbocycles. The van der Waals surface area contributed by atoms with Crippen LogP contribution in [0.25, 0.3) is 0 Å². The molecule has 0 fully saturated rings. The number of halogens is 2. The maximum atomic E-state index is 13.2. The molecule has 1 atom stereocenters. The Morgan fingerprint density at radius 1 is 1.32 bits per heavy atom. The zero-order valence-electron chi connectivity index (χ0n) is 11.3. The lowest BCUT2D eigenvalue weighted by molar-refractivity contribution is 0.490. The summed E-state index contributed by atoms with van der Waals surface area (Å²) in [5, 5.41) is 3.29. The zero-order valence-corrected chi connectivity index (χ0v) is 12.8. The number of benzene rings is 1. The van der Waals surface area contributed by atoms with Gasteiger partial charge in [0, 0.05) is 11.6 Å². The van der Waals surface area contributed by atoms with Crippen LogP contribution in [0.2, 0.25) is 0 Å². The summed E-state index contributed by atoms with van der Waals surface area (Å²) in [5.41, 5.74) is 2.23. The van der Waals surface area contributed by atoms with Gasteiger partial charge in [-0.05, 0) is 67.0 Å². The highest BCUT2D eigenvalue weighted by Gasteiger charge is 2.16. The normalized spacial score (nSPS) is 12.7. The summed E-state index contributed by atoms with van der Waals surface area (Å²) in [5.74, 6) is 1.60. The van der Waals surface area contributed by atoms with E-state index in [0.717, 1.165) is 29.1 Å². The van der Waals surface area contributed by atoms with Crippen LogP contribution < -0.4 is 5.32 Å². The first-order valence-electron chi connectivity index (χ1n) is 6.19. The van der Waals surface area contributed by atoms with Gasteiger partial charge in [-0.25, -0.2) is 4.39 Å². The molecule has 2 rings (SSSR count). The predicted octanol–water partition coefficient (Wildman–Crippen LogP) is 4.30. The maximum absolute atomic E-state index is 13.2. The summed E-state index contributed by atoms with van der Waals surface area (Å²) < 4.78 is 19.3. The molecule has 0 amide bonds. The molecular weight excluding hydrogens is 309 g/mol. The third kappa shape index (κ3) is 3.25. The number of nitrogens with one attached hydrogen (secondary N) is 1. The number of hydrogen-bond donors (Lipinski definition) is 1. The highest BCUT2D eigenvalue weighted by molar-refractivity contribution is 9.10. The van der Waals surface area contributed by atoms with Crippen molar-refractivity contribution in [2.24, 2.45) is 0 Å². The fourth-order valence-electron chi connectivity index (χ4n) is 2.27. The summed E-state index contributed by atoms with van der Waals surface area (Å²) in [6, 6.07) is 7.33. The van der Waals surface area contributed by atoms with Crippen LogP contribution >= 0.6 is 15.9 Å². The Labute approximate surface area is 121 Å². The molecule has 2 aromatic rings. The lowest BCUT2D eigenvalue weighted by Gasteiger charge is -2.16. The molecule has 4 heteroatoms. The lowest BCUT2D eigenvalue weighted by Crippen LogP contribution is -2.19. The molecule has 0 aliphatic carbocycles. The minimum Gasteiger partial charge on any atom is -0.466 e. The van der Waals surface area contributed by atoms with Crippen molar-refractivity contribution in [1.82, 2.24) is 5.32 Å². The second kappa shape index (κ2) is 5.88. The minimum atomic E-state index is -0.236. The summed E-state index contributed by atoms with van der Waals surface area (Å²) in [6.45, 7) is 3.91. The van der Waals surface area contributed by atoms with Gasteiger partial charge in [-0.2, -0.15) is 0 Å². The molecule has 1 N–H and O–H groups in total. The van der Waals surface area contributed by atoms with Gasteiger partial charge in [-0.15, -0.1) is 0 Å². The highest BCUT2D eigenvalue weighted by Crippen LogP contribution is 2.26. The third-order valence-electron chi connectivity index (χ3n) is 3.23. The molecule has 0 bridgehead atoms. The van der Waals surface area contributed by atoms with Gasteiger partial charge in [0.25, 0.3) is 0 Å². The van der Waals surface area contributed by atoms with Crippen molar-refractivity contribution >= 4 is 15.9 Å². The van der Waals surface area contributed by atoms with Crippen LogP contribution in [0.15, 0.2) is 33.2 Å². The second-order valence-electron chi connectivity index (χ2n) is 4.66. The van der Waals surface area contributed by atoms with Gasteiger partial charge in [0.15, 0.2) is 0 Å². The fraction of sp³-hybridized carbons (Fsp3) is 0.333. The first-order valence-corrected chi connectivity index (χ1v) is 6.98. The Kier molecular flexibility index (Phi) is 4.42. The molecule has 102 valence electrons. The van der Waals surface area contributed by atoms with Crippen molar-refractivity contribution in [3.8, 4) is 0 Å². The van der Waals surface area contributed by atoms with E-state index in [9.17, 15) is 4.39 Å². The van der Waals surface area contributed by atoms with Crippen LogP contribution in [0.5, 0.6) is 0 Å². The van der Waals surface area contributed by atoms with Crippen LogP contribution in [-0.4, -0.2) is 7.05 Å². The number of rotatable bonds is 4. The summed E-state index contributed by atoms with van der Waals surface area (Å²) in [6.07, 6.45) is 0.787. The largest absolute Gasteiger partial charge is 0.466 e. The number of likely N-dealkylation sites (N-methyl/N-ethyl adjacent to an activating group) is 1. The minimum absolute atomic E-state index is 0.162. The molecule has 1 aromatic carbocycles. The number of aryl methyl sites for hydroxylation is 2. The maximum Gasteiger partial charge on any atom is 0.137 e. The molecule has 1 heterocycles. The van der Waals surface area contributed by atoms with Crippen LogP contribution in [0.3, 0.4) is 0 Å². The van der Waals surface area contributed by atoms with Crippen LogP contribution in [0.1, 0.15) is 28.7 Å². The van der Waals surface area contributed by atoms with Crippen molar-refractivity contribution in [1.29, 1.82) is 0 Å². The van der Waals surface area contributed by atoms with Gasteiger partial charge in [0.05, 0.1) is 4.47 Å². The van der Waals surface area contributed by atoms with Crippen molar-refractivity contribution in [3.05, 3.63) is 57.2 Å². The summed E-state index contributed by atoms with van der Waals surface area (Å²) in [4.78, 5) is 0. The standard InChI is InChI=1S/C15H17BrFNO/c1-9-6-12(10(2)19-9)15(18-3)8-11-4-5-14(17)13(16)7-11/h4-7,15,18H,8H2,1-3H3. The molecule has 0 aliphatic rings. The Balaban J connectivity index is 2.23. The first kappa shape index (κ1) is 14.3. The van der Waals surface area contributed by atoms with Gasteiger partial charge >= 0.3 is 0 Å². The van der Waals surface area contributed by atoms with E-state index < -0.39 is 0 Å². The predicted molar refractivity (Wildman–Crippen MR) is 77.8 cm³/mol. The van der Waals surface area contributed by atoms with Crippen LogP contribution in [0, 0.1) is 19.7 Å². The van der Waals surface area contributed by atoms with E-state index in [4.69, 9.17) is 4.42 Å². The summed E-state index contributed by atoms with van der Waals surface area (Å²) >= 11 is 3.22. The van der Waals surface area contributed by atoms with Crippen LogP contribution in [0.4, 0.5) is 4.39 Å². The molecule has 0 radical (unpaired) electrons. The zero-order chi connectivity index (χ0) is 14.0. The smallest absolute Gasteiger partial charge is 0.137 e. The van der Waals surface area contributed by atoms with Crippen molar-refractivity contribution in [3.63, 3.8) is 0 Å². The third-order valence-corrected chi connectivity index (χ3v) is 3.83. The average Bonchev–Trinajstić information content (AvgIpc) is 2.70. The first-order chi connectivity index (χ1) is 9.01. The van der Waals surface area contributed by atoms with Crippen molar-refractivity contribution in [2.75, 3.05) is 7.05 Å². The van der Waals surface area contributed by atoms with E-state index in [1.54, 1.807) is 0 Å². The van der Waals surface area contributed by atoms with E-state index in [1.165, 1.54) is 6.07 Å². The van der Waals surface area contributed by atoms with E-state index in [-0.39, 0.29) is 11.9 Å². The quantitative estimate of drug-likeness (QED) is 0.906. The molecule has 2 nitrogen and oxygen atoms in total. The van der Waals surface area contributed by atoms with E-state index >= 15 is 0 Å². The Hall–Kier alpha value is -1.13. The number of furan rings is 1. The Morgan fingerprint density at radius 3 is 2.58 bits per heavy atom. The van der Waals surface area contributed by atoms with E-state index in [0.29, 0.717) is 4.47 Å². The molecule has 0 saturated heterocycles. The second-order valence-corrected chi connectivity index (χ2v) is 5.52. The van der Waals surface area contributed by atoms with Crippen LogP contribution in [-0.2, 0) is 6.42 Å². The molecule has 19 heavy (non-hydrogen) atoms. The average molecular weight is 326 g/mol.